The summed E-state index contributed by atoms with van der Waals surface area (Å²) < 4.78 is 10.6. The Bertz CT molecular complexity index is 488. The number of rotatable bonds is 2. The number of carbonyl (C=O) groups excluding carboxylic acids is 1. The second kappa shape index (κ2) is 4.46. The molecule has 1 aromatic carbocycles. The fraction of sp³-hybridized carbons (Fsp3) is 0.357. The minimum Gasteiger partial charge on any atom is -0.457 e. The van der Waals surface area contributed by atoms with E-state index in [0.717, 1.165) is 0 Å². The zero-order chi connectivity index (χ0) is 13.3. The Hall–Kier alpha value is -1.81. The molecular formula is C14H16O4. The predicted molar refractivity (Wildman–Crippen MR) is 65.4 cm³/mol. The molecule has 0 radical (unpaired) electrons. The molecule has 2 rings (SSSR count). The molecule has 4 nitrogen and oxygen atoms in total. The minimum atomic E-state index is -1.03. The summed E-state index contributed by atoms with van der Waals surface area (Å²) in [6.07, 6.45) is -1.03. The number of aliphatic hydroxyl groups excluding tert-OH is 1. The highest BCUT2D eigenvalue weighted by molar-refractivity contribution is 5.91. The van der Waals surface area contributed by atoms with Crippen molar-refractivity contribution in [2.24, 2.45) is 0 Å². The third-order valence-electron chi connectivity index (χ3n) is 2.73. The van der Waals surface area contributed by atoms with Gasteiger partial charge in [0.25, 0.3) is 0 Å². The first-order valence-electron chi connectivity index (χ1n) is 5.77. The quantitative estimate of drug-likeness (QED) is 0.816. The molecule has 0 aliphatic carbocycles. The van der Waals surface area contributed by atoms with Gasteiger partial charge in [-0.15, -0.1) is 0 Å². The van der Waals surface area contributed by atoms with Gasteiger partial charge in [0.1, 0.15) is 17.4 Å². The second-order valence-electron chi connectivity index (χ2n) is 4.67. The summed E-state index contributed by atoms with van der Waals surface area (Å²) in [6.45, 7) is 4.96. The standard InChI is InChI=1S/C14H16O4/c1-9-11(13(16)18-14(2,3)17-9)12(15)10-7-5-4-6-8-10/h4-8,12,15H,1-3H3. The first kappa shape index (κ1) is 12.6. The SMILES string of the molecule is CC1=C(C(O)c2ccccc2)C(=O)OC(C)(C)O1. The maximum Gasteiger partial charge on any atom is 0.343 e. The Kier molecular flexibility index (Phi) is 3.13. The number of cyclic esters (lactones) is 1. The van der Waals surface area contributed by atoms with Crippen LogP contribution in [-0.2, 0) is 14.3 Å². The Balaban J connectivity index is 2.36. The summed E-state index contributed by atoms with van der Waals surface area (Å²) in [5.74, 6) is -1.13. The summed E-state index contributed by atoms with van der Waals surface area (Å²) in [6, 6.07) is 8.94. The largest absolute Gasteiger partial charge is 0.457 e. The van der Waals surface area contributed by atoms with Crippen LogP contribution in [-0.4, -0.2) is 16.9 Å². The van der Waals surface area contributed by atoms with Gasteiger partial charge >= 0.3 is 5.97 Å². The van der Waals surface area contributed by atoms with Gasteiger partial charge in [-0.2, -0.15) is 0 Å². The summed E-state index contributed by atoms with van der Waals surface area (Å²) in [7, 11) is 0. The Labute approximate surface area is 106 Å². The molecule has 4 heteroatoms. The number of hydrogen-bond donors (Lipinski definition) is 1. The average Bonchev–Trinajstić information content (AvgIpc) is 2.27. The first-order valence-corrected chi connectivity index (χ1v) is 5.77. The summed E-state index contributed by atoms with van der Waals surface area (Å²) in [5.41, 5.74) is 0.785. The molecule has 1 aromatic rings. The number of aliphatic hydroxyl groups is 1. The molecule has 0 saturated carbocycles. The molecule has 1 unspecified atom stereocenters. The second-order valence-corrected chi connectivity index (χ2v) is 4.67. The van der Waals surface area contributed by atoms with Crippen LogP contribution < -0.4 is 0 Å². The Morgan fingerprint density at radius 1 is 1.17 bits per heavy atom. The topological polar surface area (TPSA) is 55.8 Å². The molecule has 0 spiro atoms. The van der Waals surface area contributed by atoms with E-state index >= 15 is 0 Å². The highest BCUT2D eigenvalue weighted by atomic mass is 16.7. The van der Waals surface area contributed by atoms with Gasteiger partial charge in [0.2, 0.25) is 5.79 Å². The van der Waals surface area contributed by atoms with Crippen LogP contribution in [0.15, 0.2) is 41.7 Å². The third-order valence-corrected chi connectivity index (χ3v) is 2.73. The van der Waals surface area contributed by atoms with Crippen LogP contribution in [0.25, 0.3) is 0 Å². The molecule has 1 atom stereocenters. The number of esters is 1. The summed E-state index contributed by atoms with van der Waals surface area (Å²) >= 11 is 0. The third kappa shape index (κ3) is 2.38. The van der Waals surface area contributed by atoms with Gasteiger partial charge in [-0.05, 0) is 12.5 Å². The maximum atomic E-state index is 11.9. The number of allylic oxidation sites excluding steroid dienone is 1. The van der Waals surface area contributed by atoms with E-state index in [2.05, 4.69) is 0 Å². The van der Waals surface area contributed by atoms with Gasteiger partial charge in [0.15, 0.2) is 0 Å². The van der Waals surface area contributed by atoms with E-state index in [1.54, 1.807) is 45.0 Å². The van der Waals surface area contributed by atoms with Crippen LogP contribution in [0.2, 0.25) is 0 Å². The van der Waals surface area contributed by atoms with E-state index in [4.69, 9.17) is 9.47 Å². The van der Waals surface area contributed by atoms with Crippen molar-refractivity contribution in [3.8, 4) is 0 Å². The number of benzene rings is 1. The number of carbonyl (C=O) groups is 1. The van der Waals surface area contributed by atoms with Crippen molar-refractivity contribution in [3.63, 3.8) is 0 Å². The molecule has 96 valence electrons. The van der Waals surface area contributed by atoms with Crippen LogP contribution >= 0.6 is 0 Å². The predicted octanol–water partition coefficient (Wildman–Crippen LogP) is 2.30. The molecular weight excluding hydrogens is 232 g/mol. The molecule has 1 heterocycles. The molecule has 0 aromatic heterocycles. The van der Waals surface area contributed by atoms with Gasteiger partial charge in [-0.1, -0.05) is 30.3 Å². The van der Waals surface area contributed by atoms with Gasteiger partial charge < -0.3 is 14.6 Å². The first-order chi connectivity index (χ1) is 8.41. The van der Waals surface area contributed by atoms with Crippen molar-refractivity contribution in [2.45, 2.75) is 32.7 Å². The number of hydrogen-bond acceptors (Lipinski definition) is 4. The zero-order valence-corrected chi connectivity index (χ0v) is 10.6. The van der Waals surface area contributed by atoms with Crippen LogP contribution in [0.3, 0.4) is 0 Å². The van der Waals surface area contributed by atoms with Crippen molar-refractivity contribution in [1.29, 1.82) is 0 Å². The molecule has 1 N–H and O–H groups in total. The van der Waals surface area contributed by atoms with Crippen LogP contribution in [0.1, 0.15) is 32.4 Å². The number of ether oxygens (including phenoxy) is 2. The van der Waals surface area contributed by atoms with Crippen LogP contribution in [0, 0.1) is 0 Å². The molecule has 0 fully saturated rings. The normalized spacial score (nSPS) is 20.1. The lowest BCUT2D eigenvalue weighted by atomic mass is 10.00. The van der Waals surface area contributed by atoms with Gasteiger partial charge in [0, 0.05) is 13.8 Å². The van der Waals surface area contributed by atoms with Crippen molar-refractivity contribution in [3.05, 3.63) is 47.2 Å². The Morgan fingerprint density at radius 2 is 1.78 bits per heavy atom. The molecule has 0 bridgehead atoms. The van der Waals surface area contributed by atoms with E-state index in [-0.39, 0.29) is 5.57 Å². The lowest BCUT2D eigenvalue weighted by molar-refractivity contribution is -0.209. The molecule has 0 saturated heterocycles. The van der Waals surface area contributed by atoms with Gasteiger partial charge in [0.05, 0.1) is 0 Å². The summed E-state index contributed by atoms with van der Waals surface area (Å²) in [4.78, 5) is 11.9. The Morgan fingerprint density at radius 3 is 2.33 bits per heavy atom. The highest BCUT2D eigenvalue weighted by Gasteiger charge is 2.37. The van der Waals surface area contributed by atoms with E-state index in [0.29, 0.717) is 11.3 Å². The van der Waals surface area contributed by atoms with E-state index in [1.165, 1.54) is 0 Å². The fourth-order valence-corrected chi connectivity index (χ4v) is 1.97. The van der Waals surface area contributed by atoms with Gasteiger partial charge in [-0.25, -0.2) is 4.79 Å². The average molecular weight is 248 g/mol. The van der Waals surface area contributed by atoms with E-state index < -0.39 is 17.9 Å². The molecule has 1 aliphatic heterocycles. The van der Waals surface area contributed by atoms with Crippen molar-refractivity contribution in [1.82, 2.24) is 0 Å². The highest BCUT2D eigenvalue weighted by Crippen LogP contribution is 2.33. The fourth-order valence-electron chi connectivity index (χ4n) is 1.97. The van der Waals surface area contributed by atoms with Crippen molar-refractivity contribution >= 4 is 5.97 Å². The van der Waals surface area contributed by atoms with Crippen molar-refractivity contribution < 1.29 is 19.4 Å². The maximum absolute atomic E-state index is 11.9. The van der Waals surface area contributed by atoms with Gasteiger partial charge in [-0.3, -0.25) is 0 Å². The van der Waals surface area contributed by atoms with Crippen LogP contribution in [0.4, 0.5) is 0 Å². The van der Waals surface area contributed by atoms with Crippen LogP contribution in [0.5, 0.6) is 0 Å². The lowest BCUT2D eigenvalue weighted by Crippen LogP contribution is -2.37. The van der Waals surface area contributed by atoms with Crippen molar-refractivity contribution in [2.75, 3.05) is 0 Å². The molecule has 18 heavy (non-hydrogen) atoms. The zero-order valence-electron chi connectivity index (χ0n) is 10.6. The lowest BCUT2D eigenvalue weighted by Gasteiger charge is -2.33. The molecule has 1 aliphatic rings. The summed E-state index contributed by atoms with van der Waals surface area (Å²) in [5, 5.41) is 10.2. The van der Waals surface area contributed by atoms with E-state index in [1.807, 2.05) is 6.07 Å². The molecule has 0 amide bonds. The monoisotopic (exact) mass is 248 g/mol. The van der Waals surface area contributed by atoms with E-state index in [9.17, 15) is 9.90 Å². The minimum absolute atomic E-state index is 0.153. The smallest absolute Gasteiger partial charge is 0.343 e.